The third-order valence-corrected chi connectivity index (χ3v) is 7.13. The molecular weight excluding hydrogens is 409 g/mol. The van der Waals surface area contributed by atoms with Gasteiger partial charge >= 0.3 is 0 Å². The third kappa shape index (κ3) is 5.01. The molecule has 0 bridgehead atoms. The highest BCUT2D eigenvalue weighted by molar-refractivity contribution is 5.80. The van der Waals surface area contributed by atoms with Crippen LogP contribution < -0.4 is 5.32 Å². The molecule has 0 radical (unpaired) electrons. The van der Waals surface area contributed by atoms with Gasteiger partial charge in [0.1, 0.15) is 5.82 Å². The van der Waals surface area contributed by atoms with Crippen molar-refractivity contribution in [3.63, 3.8) is 0 Å². The molecule has 3 heterocycles. The molecule has 2 aliphatic rings. The van der Waals surface area contributed by atoms with Gasteiger partial charge in [0.2, 0.25) is 11.8 Å². The minimum Gasteiger partial charge on any atom is -0.351 e. The second-order valence-electron chi connectivity index (χ2n) is 9.13. The Labute approximate surface area is 188 Å². The second-order valence-corrected chi connectivity index (χ2v) is 9.13. The molecule has 2 saturated heterocycles. The summed E-state index contributed by atoms with van der Waals surface area (Å²) in [4.78, 5) is 30.2. The second kappa shape index (κ2) is 9.81. The normalized spacial score (nSPS) is 26.3. The maximum Gasteiger partial charge on any atom is 0.227 e. The average Bonchev–Trinajstić information content (AvgIpc) is 3.42. The Hall–Kier alpha value is -2.74. The number of rotatable bonds is 6. The number of aromatic nitrogens is 2. The largest absolute Gasteiger partial charge is 0.351 e. The molecule has 2 aromatic rings. The van der Waals surface area contributed by atoms with Crippen molar-refractivity contribution < 1.29 is 14.0 Å². The van der Waals surface area contributed by atoms with Crippen LogP contribution in [0.2, 0.25) is 0 Å². The highest BCUT2D eigenvalue weighted by Crippen LogP contribution is 2.32. The van der Waals surface area contributed by atoms with E-state index in [0.29, 0.717) is 32.4 Å². The Kier molecular flexibility index (Phi) is 6.89. The highest BCUT2D eigenvalue weighted by atomic mass is 19.1. The van der Waals surface area contributed by atoms with Gasteiger partial charge in [-0.05, 0) is 63.0 Å². The quantitative estimate of drug-likeness (QED) is 0.721. The maximum atomic E-state index is 13.9. The van der Waals surface area contributed by atoms with Crippen LogP contribution in [0.5, 0.6) is 0 Å². The van der Waals surface area contributed by atoms with Gasteiger partial charge in [-0.3, -0.25) is 14.7 Å². The predicted molar refractivity (Wildman–Crippen MR) is 119 cm³/mol. The van der Waals surface area contributed by atoms with E-state index in [-0.39, 0.29) is 41.6 Å². The Morgan fingerprint density at radius 3 is 2.81 bits per heavy atom. The molecule has 7 nitrogen and oxygen atoms in total. The lowest BCUT2D eigenvalue weighted by Crippen LogP contribution is -2.55. The first-order valence-corrected chi connectivity index (χ1v) is 11.4. The van der Waals surface area contributed by atoms with Crippen molar-refractivity contribution in [1.29, 1.82) is 0 Å². The minimum absolute atomic E-state index is 0.0110. The molecule has 2 aliphatic heterocycles. The van der Waals surface area contributed by atoms with E-state index in [1.54, 1.807) is 24.5 Å². The summed E-state index contributed by atoms with van der Waals surface area (Å²) in [6, 6.07) is 6.55. The number of H-pyrrole nitrogens is 1. The number of aryl methyl sites for hydroxylation is 1. The van der Waals surface area contributed by atoms with Crippen LogP contribution in [0.15, 0.2) is 36.7 Å². The van der Waals surface area contributed by atoms with E-state index in [2.05, 4.69) is 34.4 Å². The van der Waals surface area contributed by atoms with Gasteiger partial charge in [-0.1, -0.05) is 12.1 Å². The summed E-state index contributed by atoms with van der Waals surface area (Å²) in [7, 11) is 2.05. The SMILES string of the molecule is C[C@@H]1[C@H](C(=O)N2CC[C@H](c3cccc(F)c3)[C@H](NC(=O)CCc3cn[nH]c3)C2)CCN1C. The molecule has 0 saturated carbocycles. The molecule has 2 N–H and O–H groups in total. The molecule has 1 aromatic heterocycles. The first-order valence-electron chi connectivity index (χ1n) is 11.4. The lowest BCUT2D eigenvalue weighted by molar-refractivity contribution is -0.138. The van der Waals surface area contributed by atoms with E-state index in [1.807, 2.05) is 11.0 Å². The van der Waals surface area contributed by atoms with E-state index < -0.39 is 0 Å². The Bertz CT molecular complexity index is 934. The number of benzene rings is 1. The van der Waals surface area contributed by atoms with Crippen LogP contribution in [0.1, 0.15) is 43.2 Å². The number of carbonyl (C=O) groups excluding carboxylic acids is 2. The first kappa shape index (κ1) is 22.5. The zero-order valence-corrected chi connectivity index (χ0v) is 18.8. The summed E-state index contributed by atoms with van der Waals surface area (Å²) in [5, 5.41) is 9.82. The van der Waals surface area contributed by atoms with Gasteiger partial charge in [-0.15, -0.1) is 0 Å². The molecule has 2 amide bonds. The van der Waals surface area contributed by atoms with Crippen LogP contribution in [0.4, 0.5) is 4.39 Å². The zero-order chi connectivity index (χ0) is 22.7. The van der Waals surface area contributed by atoms with Gasteiger partial charge in [0.25, 0.3) is 0 Å². The molecule has 0 aliphatic carbocycles. The number of hydrogen-bond acceptors (Lipinski definition) is 4. The minimum atomic E-state index is -0.283. The molecule has 4 atom stereocenters. The van der Waals surface area contributed by atoms with Crippen molar-refractivity contribution in [2.75, 3.05) is 26.7 Å². The van der Waals surface area contributed by atoms with Crippen molar-refractivity contribution in [2.45, 2.75) is 50.6 Å². The van der Waals surface area contributed by atoms with Crippen LogP contribution in [-0.2, 0) is 16.0 Å². The van der Waals surface area contributed by atoms with Crippen LogP contribution in [0.3, 0.4) is 0 Å². The zero-order valence-electron chi connectivity index (χ0n) is 18.8. The van der Waals surface area contributed by atoms with E-state index in [0.717, 1.165) is 24.1 Å². The van der Waals surface area contributed by atoms with Crippen molar-refractivity contribution in [3.8, 4) is 0 Å². The van der Waals surface area contributed by atoms with Crippen LogP contribution >= 0.6 is 0 Å². The first-order chi connectivity index (χ1) is 15.4. The van der Waals surface area contributed by atoms with Gasteiger partial charge in [-0.25, -0.2) is 4.39 Å². The van der Waals surface area contributed by atoms with E-state index >= 15 is 0 Å². The summed E-state index contributed by atoms with van der Waals surface area (Å²) in [6.45, 7) is 4.09. The Balaban J connectivity index is 1.47. The number of nitrogens with one attached hydrogen (secondary N) is 2. The molecule has 32 heavy (non-hydrogen) atoms. The molecule has 1 aromatic carbocycles. The van der Waals surface area contributed by atoms with Gasteiger partial charge in [0.05, 0.1) is 18.2 Å². The van der Waals surface area contributed by atoms with Crippen molar-refractivity contribution in [1.82, 2.24) is 25.3 Å². The van der Waals surface area contributed by atoms with E-state index in [1.165, 1.54) is 6.07 Å². The van der Waals surface area contributed by atoms with Gasteiger partial charge in [0.15, 0.2) is 0 Å². The van der Waals surface area contributed by atoms with Crippen LogP contribution in [0.25, 0.3) is 0 Å². The monoisotopic (exact) mass is 441 g/mol. The fourth-order valence-corrected chi connectivity index (χ4v) is 5.04. The molecule has 8 heteroatoms. The third-order valence-electron chi connectivity index (χ3n) is 7.13. The molecule has 0 unspecified atom stereocenters. The Morgan fingerprint density at radius 1 is 1.28 bits per heavy atom. The van der Waals surface area contributed by atoms with Crippen LogP contribution in [0, 0.1) is 11.7 Å². The number of aromatic amines is 1. The number of amides is 2. The fraction of sp³-hybridized carbons (Fsp3) is 0.542. The van der Waals surface area contributed by atoms with Crippen LogP contribution in [-0.4, -0.2) is 70.6 Å². The summed E-state index contributed by atoms with van der Waals surface area (Å²) in [5.74, 6) is -0.230. The van der Waals surface area contributed by atoms with Crippen molar-refractivity contribution >= 4 is 11.8 Å². The topological polar surface area (TPSA) is 81.3 Å². The van der Waals surface area contributed by atoms with E-state index in [9.17, 15) is 14.0 Å². The molecule has 2 fully saturated rings. The lowest BCUT2D eigenvalue weighted by atomic mass is 9.84. The number of nitrogens with zero attached hydrogens (tertiary/aromatic N) is 3. The average molecular weight is 442 g/mol. The predicted octanol–water partition coefficient (Wildman–Crippen LogP) is 2.32. The summed E-state index contributed by atoms with van der Waals surface area (Å²) < 4.78 is 13.9. The smallest absolute Gasteiger partial charge is 0.227 e. The molecule has 4 rings (SSSR count). The summed E-state index contributed by atoms with van der Waals surface area (Å²) in [6.07, 6.45) is 5.98. The fourth-order valence-electron chi connectivity index (χ4n) is 5.04. The number of carbonyl (C=O) groups is 2. The van der Waals surface area contributed by atoms with Crippen molar-refractivity contribution in [3.05, 3.63) is 53.6 Å². The number of piperidine rings is 1. The number of halogens is 1. The summed E-state index contributed by atoms with van der Waals surface area (Å²) in [5.41, 5.74) is 1.84. The van der Waals surface area contributed by atoms with Crippen molar-refractivity contribution in [2.24, 2.45) is 5.92 Å². The molecule has 172 valence electrons. The molecule has 0 spiro atoms. The lowest BCUT2D eigenvalue weighted by Gasteiger charge is -2.40. The number of likely N-dealkylation sites (tertiary alicyclic amines) is 2. The van der Waals surface area contributed by atoms with Gasteiger partial charge < -0.3 is 15.1 Å². The van der Waals surface area contributed by atoms with Gasteiger partial charge in [0, 0.05) is 37.7 Å². The maximum absolute atomic E-state index is 13.9. The van der Waals surface area contributed by atoms with E-state index in [4.69, 9.17) is 0 Å². The van der Waals surface area contributed by atoms with Gasteiger partial charge in [-0.2, -0.15) is 5.10 Å². The Morgan fingerprint density at radius 2 is 2.12 bits per heavy atom. The number of hydrogen-bond donors (Lipinski definition) is 2. The summed E-state index contributed by atoms with van der Waals surface area (Å²) >= 11 is 0. The molecular formula is C24H32FN5O2. The highest BCUT2D eigenvalue weighted by Gasteiger charge is 2.40. The standard InChI is InChI=1S/C24H32FN5O2/c1-16-20(8-10-29(16)2)24(32)30-11-9-21(18-4-3-5-19(25)12-18)22(15-30)28-23(31)7-6-17-13-26-27-14-17/h3-5,12-14,16,20-22H,6-11,15H2,1-2H3,(H,26,27)(H,28,31)/t16-,20-,21-,22-/m1/s1.